The van der Waals surface area contributed by atoms with Crippen molar-refractivity contribution < 1.29 is 14.3 Å². The first kappa shape index (κ1) is 13.7. The molecule has 1 aromatic carbocycles. The van der Waals surface area contributed by atoms with E-state index in [0.717, 1.165) is 12.8 Å². The predicted molar refractivity (Wildman–Crippen MR) is 72.7 cm³/mol. The van der Waals surface area contributed by atoms with Gasteiger partial charge in [0.05, 0.1) is 19.8 Å². The number of ether oxygens (including phenoxy) is 2. The zero-order chi connectivity index (χ0) is 13.8. The predicted octanol–water partition coefficient (Wildman–Crippen LogP) is 1.27. The van der Waals surface area contributed by atoms with Gasteiger partial charge in [0.25, 0.3) is 5.91 Å². The van der Waals surface area contributed by atoms with E-state index in [0.29, 0.717) is 36.2 Å². The van der Waals surface area contributed by atoms with Gasteiger partial charge in [-0.1, -0.05) is 6.07 Å². The first-order valence-electron chi connectivity index (χ1n) is 6.45. The first-order valence-corrected chi connectivity index (χ1v) is 6.45. The smallest absolute Gasteiger partial charge is 0.258 e. The highest BCUT2D eigenvalue weighted by molar-refractivity contribution is 5.98. The van der Waals surface area contributed by atoms with E-state index in [1.54, 1.807) is 32.4 Å². The van der Waals surface area contributed by atoms with Crippen LogP contribution in [-0.2, 0) is 0 Å². The standard InChI is InChI=1S/C14H20N2O3/c1-18-12-5-3-4-11(13(12)19-2)14(17)16(9-8-15)10-6-7-10/h3-5,10H,6-9,15H2,1-2H3. The van der Waals surface area contributed by atoms with E-state index < -0.39 is 0 Å². The van der Waals surface area contributed by atoms with E-state index in [-0.39, 0.29) is 5.91 Å². The second-order valence-electron chi connectivity index (χ2n) is 4.56. The monoisotopic (exact) mass is 264 g/mol. The second-order valence-corrected chi connectivity index (χ2v) is 4.56. The lowest BCUT2D eigenvalue weighted by Crippen LogP contribution is -2.37. The summed E-state index contributed by atoms with van der Waals surface area (Å²) in [6.07, 6.45) is 2.11. The molecule has 0 saturated heterocycles. The number of hydrogen-bond acceptors (Lipinski definition) is 4. The molecule has 1 aliphatic rings. The number of benzene rings is 1. The molecule has 5 heteroatoms. The van der Waals surface area contributed by atoms with E-state index in [1.807, 2.05) is 4.90 Å². The number of nitrogens with two attached hydrogens (primary N) is 1. The molecule has 104 valence electrons. The minimum absolute atomic E-state index is 0.0382. The zero-order valence-corrected chi connectivity index (χ0v) is 11.4. The number of methoxy groups -OCH3 is 2. The Morgan fingerprint density at radius 2 is 2.11 bits per heavy atom. The van der Waals surface area contributed by atoms with Crippen molar-refractivity contribution in [2.45, 2.75) is 18.9 Å². The third kappa shape index (κ3) is 2.81. The largest absolute Gasteiger partial charge is 0.493 e. The van der Waals surface area contributed by atoms with Gasteiger partial charge in [-0.05, 0) is 25.0 Å². The molecule has 0 radical (unpaired) electrons. The average molecular weight is 264 g/mol. The van der Waals surface area contributed by atoms with Gasteiger partial charge in [-0.3, -0.25) is 4.79 Å². The van der Waals surface area contributed by atoms with Gasteiger partial charge < -0.3 is 20.1 Å². The lowest BCUT2D eigenvalue weighted by Gasteiger charge is -2.23. The highest BCUT2D eigenvalue weighted by atomic mass is 16.5. The van der Waals surface area contributed by atoms with E-state index in [1.165, 1.54) is 0 Å². The van der Waals surface area contributed by atoms with Crippen molar-refractivity contribution in [1.29, 1.82) is 0 Å². The van der Waals surface area contributed by atoms with Gasteiger partial charge in [-0.2, -0.15) is 0 Å². The molecule has 0 unspecified atom stereocenters. The van der Waals surface area contributed by atoms with Crippen LogP contribution in [0.25, 0.3) is 0 Å². The molecule has 19 heavy (non-hydrogen) atoms. The van der Waals surface area contributed by atoms with Gasteiger partial charge in [0.1, 0.15) is 0 Å². The normalized spacial score (nSPS) is 14.1. The third-order valence-corrected chi connectivity index (χ3v) is 3.25. The molecule has 1 fully saturated rings. The fourth-order valence-corrected chi connectivity index (χ4v) is 2.19. The van der Waals surface area contributed by atoms with Gasteiger partial charge in [-0.25, -0.2) is 0 Å². The molecule has 2 N–H and O–H groups in total. The molecule has 0 aromatic heterocycles. The molecule has 0 bridgehead atoms. The maximum atomic E-state index is 12.6. The van der Waals surface area contributed by atoms with Gasteiger partial charge in [0.15, 0.2) is 11.5 Å². The number of amides is 1. The van der Waals surface area contributed by atoms with Crippen molar-refractivity contribution in [2.24, 2.45) is 5.73 Å². The Labute approximate surface area is 113 Å². The fraction of sp³-hybridized carbons (Fsp3) is 0.500. The molecule has 0 atom stereocenters. The maximum absolute atomic E-state index is 12.6. The molecular weight excluding hydrogens is 244 g/mol. The van der Waals surface area contributed by atoms with Crippen LogP contribution in [0.4, 0.5) is 0 Å². The maximum Gasteiger partial charge on any atom is 0.258 e. The molecule has 2 rings (SSSR count). The van der Waals surface area contributed by atoms with Crippen LogP contribution < -0.4 is 15.2 Å². The quantitative estimate of drug-likeness (QED) is 0.840. The molecule has 1 aromatic rings. The Morgan fingerprint density at radius 1 is 1.37 bits per heavy atom. The van der Waals surface area contributed by atoms with Crippen LogP contribution in [0.2, 0.25) is 0 Å². The highest BCUT2D eigenvalue weighted by Gasteiger charge is 2.33. The van der Waals surface area contributed by atoms with Gasteiger partial charge in [0, 0.05) is 19.1 Å². The van der Waals surface area contributed by atoms with Crippen LogP contribution >= 0.6 is 0 Å². The van der Waals surface area contributed by atoms with E-state index >= 15 is 0 Å². The second kappa shape index (κ2) is 5.93. The van der Waals surface area contributed by atoms with E-state index in [2.05, 4.69) is 0 Å². The van der Waals surface area contributed by atoms with Crippen LogP contribution in [0.3, 0.4) is 0 Å². The van der Waals surface area contributed by atoms with Crippen molar-refractivity contribution in [1.82, 2.24) is 4.90 Å². The molecule has 0 spiro atoms. The number of hydrogen-bond donors (Lipinski definition) is 1. The van der Waals surface area contributed by atoms with Gasteiger partial charge in [-0.15, -0.1) is 0 Å². The molecule has 0 aliphatic heterocycles. The Balaban J connectivity index is 2.31. The fourth-order valence-electron chi connectivity index (χ4n) is 2.19. The number of carbonyl (C=O) groups excluding carboxylic acids is 1. The minimum Gasteiger partial charge on any atom is -0.493 e. The minimum atomic E-state index is -0.0382. The third-order valence-electron chi connectivity index (χ3n) is 3.25. The van der Waals surface area contributed by atoms with Crippen molar-refractivity contribution >= 4 is 5.91 Å². The van der Waals surface area contributed by atoms with Crippen LogP contribution in [-0.4, -0.2) is 44.2 Å². The summed E-state index contributed by atoms with van der Waals surface area (Å²) in [6, 6.07) is 5.66. The SMILES string of the molecule is COc1cccc(C(=O)N(CCN)C2CC2)c1OC. The topological polar surface area (TPSA) is 64.8 Å². The van der Waals surface area contributed by atoms with E-state index in [4.69, 9.17) is 15.2 Å². The summed E-state index contributed by atoms with van der Waals surface area (Å²) in [5, 5.41) is 0. The summed E-state index contributed by atoms with van der Waals surface area (Å²) in [5.41, 5.74) is 6.12. The molecule has 0 heterocycles. The Morgan fingerprint density at radius 3 is 2.63 bits per heavy atom. The molecule has 5 nitrogen and oxygen atoms in total. The average Bonchev–Trinajstić information content (AvgIpc) is 3.27. The van der Waals surface area contributed by atoms with Crippen molar-refractivity contribution in [2.75, 3.05) is 27.3 Å². The summed E-state index contributed by atoms with van der Waals surface area (Å²) in [6.45, 7) is 1.04. The Bertz CT molecular complexity index is 458. The summed E-state index contributed by atoms with van der Waals surface area (Å²) in [5.74, 6) is 1.01. The number of para-hydroxylation sites is 1. The van der Waals surface area contributed by atoms with Crippen LogP contribution in [0, 0.1) is 0 Å². The lowest BCUT2D eigenvalue weighted by molar-refractivity contribution is 0.0744. The van der Waals surface area contributed by atoms with Crippen molar-refractivity contribution in [3.8, 4) is 11.5 Å². The van der Waals surface area contributed by atoms with Crippen molar-refractivity contribution in [3.63, 3.8) is 0 Å². The number of rotatable bonds is 6. The van der Waals surface area contributed by atoms with Crippen LogP contribution in [0.15, 0.2) is 18.2 Å². The molecule has 1 saturated carbocycles. The van der Waals surface area contributed by atoms with Gasteiger partial charge >= 0.3 is 0 Å². The lowest BCUT2D eigenvalue weighted by atomic mass is 10.1. The summed E-state index contributed by atoms with van der Waals surface area (Å²) >= 11 is 0. The number of carbonyl (C=O) groups is 1. The molecular formula is C14H20N2O3. The van der Waals surface area contributed by atoms with Crippen molar-refractivity contribution in [3.05, 3.63) is 23.8 Å². The molecule has 1 amide bonds. The van der Waals surface area contributed by atoms with Crippen LogP contribution in [0.1, 0.15) is 23.2 Å². The van der Waals surface area contributed by atoms with Gasteiger partial charge in [0.2, 0.25) is 0 Å². The Kier molecular flexibility index (Phi) is 4.27. The van der Waals surface area contributed by atoms with E-state index in [9.17, 15) is 4.79 Å². The summed E-state index contributed by atoms with van der Waals surface area (Å²) < 4.78 is 10.5. The van der Waals surface area contributed by atoms with Crippen LogP contribution in [0.5, 0.6) is 11.5 Å². The Hall–Kier alpha value is -1.75. The zero-order valence-electron chi connectivity index (χ0n) is 11.4. The molecule has 1 aliphatic carbocycles. The highest BCUT2D eigenvalue weighted by Crippen LogP contribution is 2.34. The summed E-state index contributed by atoms with van der Waals surface area (Å²) in [7, 11) is 3.10. The first-order chi connectivity index (χ1) is 9.22. The number of nitrogens with zero attached hydrogens (tertiary/aromatic N) is 1. The summed E-state index contributed by atoms with van der Waals surface area (Å²) in [4.78, 5) is 14.4.